The van der Waals surface area contributed by atoms with Crippen LogP contribution in [-0.4, -0.2) is 0 Å². The standard InChI is InChI=1S/C11H18/c1-3-10(2)9-11-7-5-4-6-8-11/h3,11H,1-2,4-9H2. The second kappa shape index (κ2) is 4.38. The highest BCUT2D eigenvalue weighted by atomic mass is 14.2. The van der Waals surface area contributed by atoms with Gasteiger partial charge in [-0.1, -0.05) is 56.9 Å². The van der Waals surface area contributed by atoms with Gasteiger partial charge < -0.3 is 0 Å². The lowest BCUT2D eigenvalue weighted by molar-refractivity contribution is 0.358. The Hall–Kier alpha value is -0.520. The van der Waals surface area contributed by atoms with E-state index in [0.29, 0.717) is 0 Å². The Balaban J connectivity index is 2.24. The zero-order valence-electron chi connectivity index (χ0n) is 7.31. The largest absolute Gasteiger partial charge is 0.0988 e. The minimum absolute atomic E-state index is 0.911. The number of hydrogen-bond acceptors (Lipinski definition) is 0. The van der Waals surface area contributed by atoms with Crippen LogP contribution >= 0.6 is 0 Å². The maximum absolute atomic E-state index is 3.95. The zero-order chi connectivity index (χ0) is 8.10. The lowest BCUT2D eigenvalue weighted by Gasteiger charge is -2.21. The SMILES string of the molecule is C=CC(=C)CC1CCCCC1. The monoisotopic (exact) mass is 150 g/mol. The second-order valence-electron chi connectivity index (χ2n) is 3.57. The molecule has 0 nitrogen and oxygen atoms in total. The van der Waals surface area contributed by atoms with Crippen molar-refractivity contribution in [3.8, 4) is 0 Å². The second-order valence-corrected chi connectivity index (χ2v) is 3.57. The lowest BCUT2D eigenvalue weighted by Crippen LogP contribution is -2.06. The smallest absolute Gasteiger partial charge is 0.0256 e. The molecule has 62 valence electrons. The fourth-order valence-electron chi connectivity index (χ4n) is 1.85. The van der Waals surface area contributed by atoms with E-state index in [0.717, 1.165) is 5.92 Å². The molecule has 1 rings (SSSR count). The van der Waals surface area contributed by atoms with Crippen LogP contribution in [0, 0.1) is 5.92 Å². The van der Waals surface area contributed by atoms with E-state index in [2.05, 4.69) is 13.2 Å². The van der Waals surface area contributed by atoms with Gasteiger partial charge in [-0.25, -0.2) is 0 Å². The van der Waals surface area contributed by atoms with Crippen molar-refractivity contribution in [2.45, 2.75) is 38.5 Å². The van der Waals surface area contributed by atoms with E-state index in [1.165, 1.54) is 44.1 Å². The number of hydrogen-bond donors (Lipinski definition) is 0. The first-order valence-electron chi connectivity index (χ1n) is 4.63. The van der Waals surface area contributed by atoms with Gasteiger partial charge in [-0.05, 0) is 12.3 Å². The minimum Gasteiger partial charge on any atom is -0.0988 e. The quantitative estimate of drug-likeness (QED) is 0.538. The summed E-state index contributed by atoms with van der Waals surface area (Å²) in [6.45, 7) is 7.68. The van der Waals surface area contributed by atoms with E-state index in [-0.39, 0.29) is 0 Å². The summed E-state index contributed by atoms with van der Waals surface area (Å²) < 4.78 is 0. The van der Waals surface area contributed by atoms with Gasteiger partial charge in [0.2, 0.25) is 0 Å². The van der Waals surface area contributed by atoms with Crippen LogP contribution in [0.5, 0.6) is 0 Å². The van der Waals surface area contributed by atoms with Crippen molar-refractivity contribution in [1.29, 1.82) is 0 Å². The number of allylic oxidation sites excluding steroid dienone is 2. The van der Waals surface area contributed by atoms with Crippen LogP contribution in [-0.2, 0) is 0 Å². The molecule has 0 spiro atoms. The van der Waals surface area contributed by atoms with Crippen LogP contribution in [0.2, 0.25) is 0 Å². The number of rotatable bonds is 3. The van der Waals surface area contributed by atoms with Crippen LogP contribution in [0.3, 0.4) is 0 Å². The average molecular weight is 150 g/mol. The minimum atomic E-state index is 0.911. The third-order valence-electron chi connectivity index (χ3n) is 2.56. The van der Waals surface area contributed by atoms with Crippen molar-refractivity contribution in [2.75, 3.05) is 0 Å². The molecule has 0 atom stereocenters. The molecule has 0 aromatic rings. The van der Waals surface area contributed by atoms with Crippen molar-refractivity contribution in [3.63, 3.8) is 0 Å². The molecule has 0 heteroatoms. The molecule has 0 aromatic heterocycles. The van der Waals surface area contributed by atoms with Gasteiger partial charge >= 0.3 is 0 Å². The van der Waals surface area contributed by atoms with Crippen molar-refractivity contribution in [3.05, 3.63) is 24.8 Å². The molecular formula is C11H18. The molecule has 0 radical (unpaired) electrons. The Labute approximate surface area is 70.0 Å². The van der Waals surface area contributed by atoms with Gasteiger partial charge in [0.15, 0.2) is 0 Å². The zero-order valence-corrected chi connectivity index (χ0v) is 7.31. The fourth-order valence-corrected chi connectivity index (χ4v) is 1.85. The summed E-state index contributed by atoms with van der Waals surface area (Å²) in [7, 11) is 0. The highest BCUT2D eigenvalue weighted by Crippen LogP contribution is 2.28. The van der Waals surface area contributed by atoms with Gasteiger partial charge in [0, 0.05) is 0 Å². The maximum atomic E-state index is 3.95. The van der Waals surface area contributed by atoms with Crippen LogP contribution in [0.4, 0.5) is 0 Å². The highest BCUT2D eigenvalue weighted by Gasteiger charge is 2.12. The van der Waals surface area contributed by atoms with E-state index in [1.54, 1.807) is 0 Å². The van der Waals surface area contributed by atoms with Gasteiger partial charge in [0.05, 0.1) is 0 Å². The first-order chi connectivity index (χ1) is 5.33. The molecule has 0 unspecified atom stereocenters. The summed E-state index contributed by atoms with van der Waals surface area (Å²) in [5.41, 5.74) is 1.22. The Morgan fingerprint density at radius 1 is 1.27 bits per heavy atom. The normalized spacial score (nSPS) is 19.6. The molecule has 0 saturated heterocycles. The van der Waals surface area contributed by atoms with E-state index in [4.69, 9.17) is 0 Å². The van der Waals surface area contributed by atoms with Crippen LogP contribution in [0.1, 0.15) is 38.5 Å². The van der Waals surface area contributed by atoms with Crippen molar-refractivity contribution < 1.29 is 0 Å². The van der Waals surface area contributed by atoms with Gasteiger partial charge in [-0.15, -0.1) is 0 Å². The predicted molar refractivity (Wildman–Crippen MR) is 50.5 cm³/mol. The summed E-state index contributed by atoms with van der Waals surface area (Å²) in [5, 5.41) is 0. The molecule has 0 aromatic carbocycles. The van der Waals surface area contributed by atoms with Gasteiger partial charge in [-0.3, -0.25) is 0 Å². The van der Waals surface area contributed by atoms with Crippen LogP contribution in [0.15, 0.2) is 24.8 Å². The van der Waals surface area contributed by atoms with E-state index < -0.39 is 0 Å². The summed E-state index contributed by atoms with van der Waals surface area (Å²) in [6.07, 6.45) is 10.2. The molecule has 0 aliphatic heterocycles. The van der Waals surface area contributed by atoms with E-state index in [1.807, 2.05) is 6.08 Å². The summed E-state index contributed by atoms with van der Waals surface area (Å²) in [6, 6.07) is 0. The molecule has 11 heavy (non-hydrogen) atoms. The molecule has 0 heterocycles. The Bertz CT molecular complexity index is 138. The molecule has 1 fully saturated rings. The molecule has 0 N–H and O–H groups in total. The third-order valence-corrected chi connectivity index (χ3v) is 2.56. The maximum Gasteiger partial charge on any atom is -0.0256 e. The molecule has 1 aliphatic rings. The Morgan fingerprint density at radius 2 is 1.91 bits per heavy atom. The predicted octanol–water partition coefficient (Wildman–Crippen LogP) is 3.70. The van der Waals surface area contributed by atoms with E-state index >= 15 is 0 Å². The molecule has 0 amide bonds. The molecule has 0 bridgehead atoms. The summed E-state index contributed by atoms with van der Waals surface area (Å²) >= 11 is 0. The van der Waals surface area contributed by atoms with Crippen LogP contribution < -0.4 is 0 Å². The first-order valence-corrected chi connectivity index (χ1v) is 4.63. The Kier molecular flexibility index (Phi) is 3.41. The fraction of sp³-hybridized carbons (Fsp3) is 0.636. The van der Waals surface area contributed by atoms with Gasteiger partial charge in [0.1, 0.15) is 0 Å². The summed E-state index contributed by atoms with van der Waals surface area (Å²) in [4.78, 5) is 0. The average Bonchev–Trinajstić information content (AvgIpc) is 2.06. The van der Waals surface area contributed by atoms with Crippen molar-refractivity contribution in [1.82, 2.24) is 0 Å². The molecular weight excluding hydrogens is 132 g/mol. The highest BCUT2D eigenvalue weighted by molar-refractivity contribution is 5.11. The third kappa shape index (κ3) is 2.92. The topological polar surface area (TPSA) is 0 Å². The van der Waals surface area contributed by atoms with Gasteiger partial charge in [0.25, 0.3) is 0 Å². The summed E-state index contributed by atoms with van der Waals surface area (Å²) in [5.74, 6) is 0.911. The molecule has 1 aliphatic carbocycles. The first kappa shape index (κ1) is 8.58. The van der Waals surface area contributed by atoms with Crippen molar-refractivity contribution in [2.24, 2.45) is 5.92 Å². The molecule has 1 saturated carbocycles. The Morgan fingerprint density at radius 3 is 2.45 bits per heavy atom. The van der Waals surface area contributed by atoms with E-state index in [9.17, 15) is 0 Å². The van der Waals surface area contributed by atoms with Crippen LogP contribution in [0.25, 0.3) is 0 Å². The van der Waals surface area contributed by atoms with Crippen molar-refractivity contribution >= 4 is 0 Å². The lowest BCUT2D eigenvalue weighted by atomic mass is 9.85. The van der Waals surface area contributed by atoms with Gasteiger partial charge in [-0.2, -0.15) is 0 Å².